The number of carbonyl (C=O) groups excluding carboxylic acids is 2. The molecule has 2 amide bonds. The van der Waals surface area contributed by atoms with Crippen molar-refractivity contribution in [2.24, 2.45) is 0 Å². The fourth-order valence-electron chi connectivity index (χ4n) is 2.03. The summed E-state index contributed by atoms with van der Waals surface area (Å²) in [5, 5.41) is 1.91. The molecule has 2 aromatic rings. The van der Waals surface area contributed by atoms with E-state index in [0.717, 1.165) is 31.2 Å². The van der Waals surface area contributed by atoms with E-state index in [9.17, 15) is 31.5 Å². The summed E-state index contributed by atoms with van der Waals surface area (Å²) in [6.45, 7) is 0.0861. The minimum atomic E-state index is -1.82. The average Bonchev–Trinajstić information content (AvgIpc) is 2.54. The fraction of sp³-hybridized carbons (Fsp3) is 0.125. The van der Waals surface area contributed by atoms with Gasteiger partial charge < -0.3 is 10.2 Å². The van der Waals surface area contributed by atoms with E-state index in [2.05, 4.69) is 0 Å². The number of hydrogen-bond acceptors (Lipinski definition) is 2. The molecule has 0 saturated carbocycles. The van der Waals surface area contributed by atoms with Crippen molar-refractivity contribution in [1.29, 1.82) is 0 Å². The van der Waals surface area contributed by atoms with E-state index in [0.29, 0.717) is 11.0 Å². The number of nitrogens with one attached hydrogen (secondary N) is 1. The Labute approximate surface area is 138 Å². The molecule has 2 aromatic carbocycles. The third-order valence-electron chi connectivity index (χ3n) is 3.21. The van der Waals surface area contributed by atoms with Crippen LogP contribution in [-0.2, 0) is 9.59 Å². The summed E-state index contributed by atoms with van der Waals surface area (Å²) < 4.78 is 67.1. The SMILES string of the molecule is CC(=O)N(CC(=O)Nc1c(F)cccc1F)c1ccc(F)c(F)c1F. The lowest BCUT2D eigenvalue weighted by atomic mass is 10.2. The molecule has 0 saturated heterocycles. The van der Waals surface area contributed by atoms with Crippen LogP contribution in [0.3, 0.4) is 0 Å². The molecule has 0 fully saturated rings. The third-order valence-corrected chi connectivity index (χ3v) is 3.21. The molecule has 0 heterocycles. The predicted molar refractivity (Wildman–Crippen MR) is 79.3 cm³/mol. The van der Waals surface area contributed by atoms with Gasteiger partial charge in [0.2, 0.25) is 11.8 Å². The van der Waals surface area contributed by atoms with Gasteiger partial charge >= 0.3 is 0 Å². The molecule has 9 heteroatoms. The molecule has 1 N–H and O–H groups in total. The smallest absolute Gasteiger partial charge is 0.244 e. The molecule has 0 aliphatic rings. The van der Waals surface area contributed by atoms with E-state index in [1.54, 1.807) is 0 Å². The Hall–Kier alpha value is -2.97. The number of anilines is 2. The van der Waals surface area contributed by atoms with E-state index in [-0.39, 0.29) is 0 Å². The van der Waals surface area contributed by atoms with Gasteiger partial charge in [0.15, 0.2) is 17.5 Å². The van der Waals surface area contributed by atoms with E-state index < -0.39 is 58.8 Å². The Morgan fingerprint density at radius 1 is 0.920 bits per heavy atom. The maximum Gasteiger partial charge on any atom is 0.244 e. The quantitative estimate of drug-likeness (QED) is 0.673. The van der Waals surface area contributed by atoms with E-state index >= 15 is 0 Å². The van der Waals surface area contributed by atoms with Gasteiger partial charge in [-0.3, -0.25) is 9.59 Å². The third kappa shape index (κ3) is 3.93. The van der Waals surface area contributed by atoms with Crippen molar-refractivity contribution in [3.05, 3.63) is 59.4 Å². The minimum Gasteiger partial charge on any atom is -0.320 e. The van der Waals surface area contributed by atoms with Crippen LogP contribution in [0.1, 0.15) is 6.92 Å². The molecule has 25 heavy (non-hydrogen) atoms. The van der Waals surface area contributed by atoms with E-state index in [1.807, 2.05) is 5.32 Å². The number of para-hydroxylation sites is 1. The summed E-state index contributed by atoms with van der Waals surface area (Å²) in [6, 6.07) is 4.23. The van der Waals surface area contributed by atoms with Gasteiger partial charge in [0.1, 0.15) is 23.9 Å². The number of hydrogen-bond donors (Lipinski definition) is 1. The van der Waals surface area contributed by atoms with Gasteiger partial charge in [-0.2, -0.15) is 0 Å². The molecule has 0 unspecified atom stereocenters. The number of benzene rings is 2. The average molecular weight is 358 g/mol. The molecule has 0 aliphatic heterocycles. The Kier molecular flexibility index (Phi) is 5.35. The zero-order chi connectivity index (χ0) is 18.7. The van der Waals surface area contributed by atoms with Crippen LogP contribution in [-0.4, -0.2) is 18.4 Å². The van der Waals surface area contributed by atoms with E-state index in [4.69, 9.17) is 0 Å². The largest absolute Gasteiger partial charge is 0.320 e. The van der Waals surface area contributed by atoms with Crippen LogP contribution in [0.15, 0.2) is 30.3 Å². The second-order valence-corrected chi connectivity index (χ2v) is 4.94. The summed E-state index contributed by atoms with van der Waals surface area (Å²) >= 11 is 0. The number of nitrogens with zero attached hydrogens (tertiary/aromatic N) is 1. The van der Waals surface area contributed by atoms with Crippen LogP contribution in [0.5, 0.6) is 0 Å². The first kappa shape index (κ1) is 18.4. The molecule has 0 spiro atoms. The molecule has 0 bridgehead atoms. The van der Waals surface area contributed by atoms with Crippen molar-refractivity contribution in [1.82, 2.24) is 0 Å². The molecule has 2 rings (SSSR count). The lowest BCUT2D eigenvalue weighted by molar-refractivity contribution is -0.120. The van der Waals surface area contributed by atoms with Gasteiger partial charge in [-0.15, -0.1) is 0 Å². The first-order chi connectivity index (χ1) is 11.7. The highest BCUT2D eigenvalue weighted by molar-refractivity contribution is 6.01. The Balaban J connectivity index is 2.27. The highest BCUT2D eigenvalue weighted by Crippen LogP contribution is 2.24. The van der Waals surface area contributed by atoms with Crippen molar-refractivity contribution in [2.45, 2.75) is 6.92 Å². The predicted octanol–water partition coefficient (Wildman–Crippen LogP) is 3.37. The maximum absolute atomic E-state index is 13.8. The molecule has 0 aliphatic carbocycles. The molecule has 132 valence electrons. The second-order valence-electron chi connectivity index (χ2n) is 4.94. The highest BCUT2D eigenvalue weighted by atomic mass is 19.2. The van der Waals surface area contributed by atoms with Crippen molar-refractivity contribution < 1.29 is 31.5 Å². The van der Waals surface area contributed by atoms with Gasteiger partial charge in [-0.05, 0) is 24.3 Å². The lowest BCUT2D eigenvalue weighted by Gasteiger charge is -2.21. The fourth-order valence-corrected chi connectivity index (χ4v) is 2.03. The van der Waals surface area contributed by atoms with Crippen molar-refractivity contribution in [3.63, 3.8) is 0 Å². The summed E-state index contributed by atoms with van der Waals surface area (Å²) in [5.41, 5.74) is -1.43. The number of halogens is 5. The van der Waals surface area contributed by atoms with Crippen LogP contribution in [0.25, 0.3) is 0 Å². The van der Waals surface area contributed by atoms with Gasteiger partial charge in [-0.1, -0.05) is 6.07 Å². The van der Waals surface area contributed by atoms with E-state index in [1.165, 1.54) is 0 Å². The van der Waals surface area contributed by atoms with Crippen molar-refractivity contribution >= 4 is 23.2 Å². The number of rotatable bonds is 4. The number of carbonyl (C=O) groups is 2. The summed E-state index contributed by atoms with van der Waals surface area (Å²) in [6.07, 6.45) is 0. The van der Waals surface area contributed by atoms with Gasteiger partial charge in [0.05, 0.1) is 5.69 Å². The monoisotopic (exact) mass is 358 g/mol. The van der Waals surface area contributed by atoms with Gasteiger partial charge in [0, 0.05) is 6.92 Å². The maximum atomic E-state index is 13.8. The zero-order valence-corrected chi connectivity index (χ0v) is 12.7. The molecule has 0 atom stereocenters. The molecular formula is C16H11F5N2O2. The minimum absolute atomic E-state index is 0.506. The van der Waals surface area contributed by atoms with Crippen LogP contribution >= 0.6 is 0 Å². The lowest BCUT2D eigenvalue weighted by Crippen LogP contribution is -2.37. The van der Waals surface area contributed by atoms with Crippen LogP contribution in [0.2, 0.25) is 0 Å². The number of amides is 2. The van der Waals surface area contributed by atoms with Crippen LogP contribution in [0, 0.1) is 29.1 Å². The second kappa shape index (κ2) is 7.29. The molecule has 0 radical (unpaired) electrons. The normalized spacial score (nSPS) is 10.5. The van der Waals surface area contributed by atoms with Gasteiger partial charge in [-0.25, -0.2) is 22.0 Å². The first-order valence-corrected chi connectivity index (χ1v) is 6.87. The Morgan fingerprint density at radius 2 is 1.52 bits per heavy atom. The Morgan fingerprint density at radius 3 is 2.08 bits per heavy atom. The molecule has 0 aromatic heterocycles. The summed E-state index contributed by atoms with van der Waals surface area (Å²) in [5.74, 6) is -8.99. The zero-order valence-electron chi connectivity index (χ0n) is 12.7. The highest BCUT2D eigenvalue weighted by Gasteiger charge is 2.24. The summed E-state index contributed by atoms with van der Waals surface area (Å²) in [7, 11) is 0. The summed E-state index contributed by atoms with van der Waals surface area (Å²) in [4.78, 5) is 24.1. The van der Waals surface area contributed by atoms with Crippen LogP contribution < -0.4 is 10.2 Å². The molecular weight excluding hydrogens is 347 g/mol. The molecule has 4 nitrogen and oxygen atoms in total. The van der Waals surface area contributed by atoms with Crippen molar-refractivity contribution in [3.8, 4) is 0 Å². The van der Waals surface area contributed by atoms with Crippen LogP contribution in [0.4, 0.5) is 33.3 Å². The topological polar surface area (TPSA) is 49.4 Å². The first-order valence-electron chi connectivity index (χ1n) is 6.87. The standard InChI is InChI=1S/C16H11F5N2O2/c1-8(24)23(12-6-5-9(17)14(20)15(12)21)7-13(25)22-16-10(18)3-2-4-11(16)19/h2-6H,7H2,1H3,(H,22,25). The van der Waals surface area contributed by atoms with Crippen molar-refractivity contribution in [2.75, 3.05) is 16.8 Å². The Bertz CT molecular complexity index is 821. The van der Waals surface area contributed by atoms with Gasteiger partial charge in [0.25, 0.3) is 0 Å².